The molecule has 0 amide bonds. The first-order chi connectivity index (χ1) is 8.29. The second kappa shape index (κ2) is 4.26. The van der Waals surface area contributed by atoms with Crippen LogP contribution in [0.3, 0.4) is 0 Å². The lowest BCUT2D eigenvalue weighted by molar-refractivity contribution is 0.708. The number of aryl methyl sites for hydroxylation is 2. The van der Waals surface area contributed by atoms with Gasteiger partial charge in [-0.25, -0.2) is 4.98 Å². The minimum Gasteiger partial charge on any atom is -0.216 e. The summed E-state index contributed by atoms with van der Waals surface area (Å²) in [5, 5.41) is 5.09. The maximum absolute atomic E-state index is 6.42. The van der Waals surface area contributed by atoms with Gasteiger partial charge < -0.3 is 0 Å². The summed E-state index contributed by atoms with van der Waals surface area (Å²) in [6.45, 7) is 2.04. The van der Waals surface area contributed by atoms with Crippen LogP contribution < -0.4 is 0 Å². The van der Waals surface area contributed by atoms with E-state index in [1.54, 1.807) is 4.52 Å². The van der Waals surface area contributed by atoms with Crippen molar-refractivity contribution in [1.29, 1.82) is 0 Å². The third-order valence-corrected chi connectivity index (χ3v) is 3.70. The molecule has 0 saturated heterocycles. The Labute approximate surface area is 105 Å². The molecule has 2 aromatic rings. The van der Waals surface area contributed by atoms with Crippen molar-refractivity contribution in [1.82, 2.24) is 19.6 Å². The summed E-state index contributed by atoms with van der Waals surface area (Å²) < 4.78 is 1.69. The number of rotatable bonds is 1. The first-order valence-electron chi connectivity index (χ1n) is 6.22. The molecule has 0 fully saturated rings. The van der Waals surface area contributed by atoms with E-state index in [9.17, 15) is 0 Å². The molecular formula is C12H15ClN4. The van der Waals surface area contributed by atoms with E-state index in [-0.39, 0.29) is 0 Å². The van der Waals surface area contributed by atoms with Crippen LogP contribution in [0, 0.1) is 0 Å². The Kier molecular flexibility index (Phi) is 2.74. The van der Waals surface area contributed by atoms with Gasteiger partial charge in [0.15, 0.2) is 5.82 Å². The molecule has 0 spiro atoms. The molecule has 17 heavy (non-hydrogen) atoms. The van der Waals surface area contributed by atoms with E-state index in [2.05, 4.69) is 15.1 Å². The Hall–Kier alpha value is -1.16. The molecule has 0 N–H and O–H groups in total. The van der Waals surface area contributed by atoms with Crippen molar-refractivity contribution < 1.29 is 0 Å². The van der Waals surface area contributed by atoms with Gasteiger partial charge >= 0.3 is 0 Å². The molecule has 2 aromatic heterocycles. The Balaban J connectivity index is 2.23. The van der Waals surface area contributed by atoms with E-state index in [1.807, 2.05) is 6.92 Å². The molecule has 2 heterocycles. The lowest BCUT2D eigenvalue weighted by atomic mass is 10.1. The van der Waals surface area contributed by atoms with Gasteiger partial charge in [-0.3, -0.25) is 0 Å². The van der Waals surface area contributed by atoms with Crippen LogP contribution in [0.1, 0.15) is 43.3 Å². The number of hydrogen-bond donors (Lipinski definition) is 0. The minimum absolute atomic E-state index is 0.646. The number of aromatic nitrogens is 4. The summed E-state index contributed by atoms with van der Waals surface area (Å²) in [7, 11) is 0. The van der Waals surface area contributed by atoms with Crippen molar-refractivity contribution >= 4 is 17.4 Å². The van der Waals surface area contributed by atoms with E-state index >= 15 is 0 Å². The van der Waals surface area contributed by atoms with Gasteiger partial charge in [0.25, 0.3) is 5.78 Å². The summed E-state index contributed by atoms with van der Waals surface area (Å²) in [5.41, 5.74) is 2.29. The molecule has 5 heteroatoms. The second-order valence-corrected chi connectivity index (χ2v) is 4.84. The number of fused-ring (bicyclic) bond motifs is 2. The summed E-state index contributed by atoms with van der Waals surface area (Å²) in [4.78, 5) is 9.00. The fourth-order valence-electron chi connectivity index (χ4n) is 2.36. The molecule has 0 saturated carbocycles. The normalized spacial score (nSPS) is 15.9. The molecule has 1 aliphatic rings. The first-order valence-corrected chi connectivity index (χ1v) is 6.60. The molecule has 3 rings (SSSR count). The van der Waals surface area contributed by atoms with Crippen molar-refractivity contribution in [2.45, 2.75) is 45.4 Å². The lowest BCUT2D eigenvalue weighted by Gasteiger charge is -2.07. The van der Waals surface area contributed by atoms with Gasteiger partial charge in [0.05, 0.1) is 5.69 Å². The second-order valence-electron chi connectivity index (χ2n) is 4.48. The molecule has 0 unspecified atom stereocenters. The monoisotopic (exact) mass is 250 g/mol. The van der Waals surface area contributed by atoms with Crippen LogP contribution in [-0.2, 0) is 19.3 Å². The van der Waals surface area contributed by atoms with E-state index in [4.69, 9.17) is 11.6 Å². The third kappa shape index (κ3) is 1.80. The molecule has 0 aliphatic heterocycles. The smallest absolute Gasteiger partial charge is 0.216 e. The standard InChI is InChI=1S/C12H15ClN4/c1-2-10-15-12-14-9-7-5-3-4-6-8(9)11(13)17(12)16-10/h2-7H2,1H3. The van der Waals surface area contributed by atoms with Crippen LogP contribution in [0.15, 0.2) is 0 Å². The van der Waals surface area contributed by atoms with Gasteiger partial charge in [-0.15, -0.1) is 5.10 Å². The zero-order valence-electron chi connectivity index (χ0n) is 9.91. The van der Waals surface area contributed by atoms with Crippen molar-refractivity contribution in [3.05, 3.63) is 22.2 Å². The van der Waals surface area contributed by atoms with E-state index in [0.717, 1.165) is 30.8 Å². The van der Waals surface area contributed by atoms with E-state index < -0.39 is 0 Å². The van der Waals surface area contributed by atoms with Gasteiger partial charge in [0.2, 0.25) is 0 Å². The molecular weight excluding hydrogens is 236 g/mol. The topological polar surface area (TPSA) is 43.1 Å². The van der Waals surface area contributed by atoms with Gasteiger partial charge in [-0.1, -0.05) is 24.9 Å². The van der Waals surface area contributed by atoms with Crippen LogP contribution >= 0.6 is 11.6 Å². The average molecular weight is 251 g/mol. The maximum Gasteiger partial charge on any atom is 0.254 e. The Morgan fingerprint density at radius 2 is 2.00 bits per heavy atom. The Bertz CT molecular complexity index is 561. The molecule has 1 aliphatic carbocycles. The summed E-state index contributed by atoms with van der Waals surface area (Å²) in [5.74, 6) is 1.45. The highest BCUT2D eigenvalue weighted by Gasteiger charge is 2.18. The lowest BCUT2D eigenvalue weighted by Crippen LogP contribution is -2.04. The van der Waals surface area contributed by atoms with Gasteiger partial charge in [-0.2, -0.15) is 9.50 Å². The van der Waals surface area contributed by atoms with Gasteiger partial charge in [0, 0.05) is 12.0 Å². The highest BCUT2D eigenvalue weighted by molar-refractivity contribution is 6.30. The van der Waals surface area contributed by atoms with Crippen LogP contribution in [0.5, 0.6) is 0 Å². The number of nitrogens with zero attached hydrogens (tertiary/aromatic N) is 4. The van der Waals surface area contributed by atoms with Crippen LogP contribution in [0.4, 0.5) is 0 Å². The summed E-state index contributed by atoms with van der Waals surface area (Å²) in [6.07, 6.45) is 6.47. The largest absolute Gasteiger partial charge is 0.254 e. The predicted octanol–water partition coefficient (Wildman–Crippen LogP) is 2.61. The molecule has 0 atom stereocenters. The summed E-state index contributed by atoms with van der Waals surface area (Å²) >= 11 is 6.42. The van der Waals surface area contributed by atoms with Crippen LogP contribution in [-0.4, -0.2) is 19.6 Å². The first kappa shape index (κ1) is 11.0. The van der Waals surface area contributed by atoms with Crippen molar-refractivity contribution in [3.8, 4) is 0 Å². The zero-order valence-corrected chi connectivity index (χ0v) is 10.7. The molecule has 4 nitrogen and oxygen atoms in total. The molecule has 90 valence electrons. The molecule has 0 aromatic carbocycles. The third-order valence-electron chi connectivity index (χ3n) is 3.31. The Morgan fingerprint density at radius 3 is 2.82 bits per heavy atom. The minimum atomic E-state index is 0.646. The Morgan fingerprint density at radius 1 is 1.18 bits per heavy atom. The van der Waals surface area contributed by atoms with Gasteiger partial charge in [-0.05, 0) is 25.7 Å². The fraction of sp³-hybridized carbons (Fsp3) is 0.583. The highest BCUT2D eigenvalue weighted by Crippen LogP contribution is 2.26. The predicted molar refractivity (Wildman–Crippen MR) is 66.4 cm³/mol. The van der Waals surface area contributed by atoms with Crippen LogP contribution in [0.25, 0.3) is 5.78 Å². The van der Waals surface area contributed by atoms with Crippen LogP contribution in [0.2, 0.25) is 5.15 Å². The maximum atomic E-state index is 6.42. The number of halogens is 1. The fourth-order valence-corrected chi connectivity index (χ4v) is 2.68. The van der Waals surface area contributed by atoms with E-state index in [0.29, 0.717) is 10.9 Å². The highest BCUT2D eigenvalue weighted by atomic mass is 35.5. The van der Waals surface area contributed by atoms with Crippen molar-refractivity contribution in [2.75, 3.05) is 0 Å². The SMILES string of the molecule is CCc1nc2nc3c(c(Cl)n2n1)CCCCC3. The van der Waals surface area contributed by atoms with Crippen molar-refractivity contribution in [3.63, 3.8) is 0 Å². The van der Waals surface area contributed by atoms with E-state index in [1.165, 1.54) is 24.8 Å². The number of hydrogen-bond acceptors (Lipinski definition) is 3. The van der Waals surface area contributed by atoms with Crippen molar-refractivity contribution in [2.24, 2.45) is 0 Å². The van der Waals surface area contributed by atoms with Gasteiger partial charge in [0.1, 0.15) is 5.15 Å². The summed E-state index contributed by atoms with van der Waals surface area (Å²) in [6, 6.07) is 0. The molecule has 0 radical (unpaired) electrons. The average Bonchev–Trinajstić information content (AvgIpc) is 2.60. The molecule has 0 bridgehead atoms. The zero-order chi connectivity index (χ0) is 11.8. The quantitative estimate of drug-likeness (QED) is 0.577.